The molecule has 26 heavy (non-hydrogen) atoms. The number of nitrogens with zero attached hydrogens (tertiary/aromatic N) is 1. The minimum Gasteiger partial charge on any atom is -0.615 e. The minimum atomic E-state index is -0.974. The molecule has 0 spiro atoms. The van der Waals surface area contributed by atoms with Gasteiger partial charge < -0.3 is 31.2 Å². The van der Waals surface area contributed by atoms with Gasteiger partial charge in [0.05, 0.1) is 0 Å². The molecule has 0 atom stereocenters. The van der Waals surface area contributed by atoms with Crippen LogP contribution < -0.4 is 16.3 Å². The van der Waals surface area contributed by atoms with Crippen LogP contribution in [0.4, 0.5) is 0 Å². The molecule has 0 heterocycles. The average Bonchev–Trinajstić information content (AvgIpc) is 2.55. The van der Waals surface area contributed by atoms with Gasteiger partial charge in [0.2, 0.25) is 6.79 Å². The fourth-order valence-corrected chi connectivity index (χ4v) is 2.03. The zero-order valence-electron chi connectivity index (χ0n) is 14.1. The van der Waals surface area contributed by atoms with Gasteiger partial charge in [-0.15, -0.1) is 0 Å². The normalized spacial score (nSPS) is 11.0. The molecule has 141 valence electrons. The molecule has 8 nitrogen and oxygen atoms in total. The van der Waals surface area contributed by atoms with Crippen LogP contribution in [-0.2, 0) is 39.2 Å². The number of carbonyl (C=O) groups excluding carboxylic acids is 2. The van der Waals surface area contributed by atoms with Gasteiger partial charge in [0.1, 0.15) is 5.75 Å². The van der Waals surface area contributed by atoms with Crippen molar-refractivity contribution >= 4 is 22.7 Å². The van der Waals surface area contributed by atoms with Crippen LogP contribution in [0.15, 0.2) is 48.0 Å². The molecule has 4 N–H and O–H groups in total. The Morgan fingerprint density at radius 3 is 2.38 bits per heavy atom. The van der Waals surface area contributed by atoms with Gasteiger partial charge in [-0.1, -0.05) is 29.8 Å². The predicted molar refractivity (Wildman–Crippen MR) is 90.8 cm³/mol. The summed E-state index contributed by atoms with van der Waals surface area (Å²) >= 11 is 0. The maximum atomic E-state index is 11.8. The molecule has 0 fully saturated rings. The third-order valence-corrected chi connectivity index (χ3v) is 3.20. The van der Waals surface area contributed by atoms with Crippen molar-refractivity contribution in [1.29, 1.82) is 0 Å². The molecule has 0 aliphatic carbocycles. The summed E-state index contributed by atoms with van der Waals surface area (Å²) in [7, 11) is 0. The number of rotatable bonds is 6. The Labute approximate surface area is 163 Å². The van der Waals surface area contributed by atoms with E-state index in [2.05, 4.69) is 14.9 Å². The van der Waals surface area contributed by atoms with Gasteiger partial charge in [0.15, 0.2) is 5.88 Å². The second-order valence-electron chi connectivity index (χ2n) is 5.14. The summed E-state index contributed by atoms with van der Waals surface area (Å²) in [6.07, 6.45) is 0. The first-order chi connectivity index (χ1) is 11.9. The fourth-order valence-electron chi connectivity index (χ4n) is 2.03. The van der Waals surface area contributed by atoms with Gasteiger partial charge in [-0.05, 0) is 29.8 Å². The Morgan fingerprint density at radius 2 is 1.73 bits per heavy atom. The molecule has 1 radical (unpaired) electrons. The zero-order valence-corrected chi connectivity index (χ0v) is 16.5. The van der Waals surface area contributed by atoms with Crippen molar-refractivity contribution in [2.24, 2.45) is 11.6 Å². The Bertz CT molecular complexity index is 838. The monoisotopic (exact) mass is 537 g/mol. The average molecular weight is 537 g/mol. The van der Waals surface area contributed by atoms with Crippen molar-refractivity contribution in [3.05, 3.63) is 59.0 Å². The van der Waals surface area contributed by atoms with Gasteiger partial charge in [-0.25, -0.2) is 4.79 Å². The molecular weight excluding hydrogens is 518 g/mol. The van der Waals surface area contributed by atoms with Crippen LogP contribution in [-0.4, -0.2) is 18.7 Å². The second kappa shape index (κ2) is 9.76. The van der Waals surface area contributed by atoms with E-state index in [1.165, 1.54) is 6.92 Å². The molecule has 0 saturated carbocycles. The topological polar surface area (TPSA) is 128 Å². The van der Waals surface area contributed by atoms with Crippen LogP contribution in [0, 0.1) is 6.92 Å². The molecular formula is C17H18IrN3O5-. The summed E-state index contributed by atoms with van der Waals surface area (Å²) < 4.78 is 14.6. The van der Waals surface area contributed by atoms with E-state index in [9.17, 15) is 9.59 Å². The largest absolute Gasteiger partial charge is 0.615 e. The van der Waals surface area contributed by atoms with Gasteiger partial charge in [0, 0.05) is 32.7 Å². The maximum Gasteiger partial charge on any atom is 0.324 e. The Morgan fingerprint density at radius 1 is 1.08 bits per heavy atom. The van der Waals surface area contributed by atoms with Crippen LogP contribution in [0.2, 0.25) is 0 Å². The fraction of sp³-hybridized carbons (Fsp3) is 0.176. The van der Waals surface area contributed by atoms with Gasteiger partial charge in [-0.3, -0.25) is 4.79 Å². The van der Waals surface area contributed by atoms with Crippen LogP contribution in [0.3, 0.4) is 0 Å². The molecule has 2 aromatic rings. The Kier molecular flexibility index (Phi) is 8.05. The maximum absolute atomic E-state index is 11.8. The summed E-state index contributed by atoms with van der Waals surface area (Å²) in [6, 6.07) is 11.3. The van der Waals surface area contributed by atoms with E-state index in [4.69, 9.17) is 16.3 Å². The van der Waals surface area contributed by atoms with E-state index in [-0.39, 0.29) is 26.0 Å². The number of nitrogens with two attached hydrogens (primary N) is 2. The van der Waals surface area contributed by atoms with Crippen molar-refractivity contribution in [2.75, 3.05) is 6.79 Å². The van der Waals surface area contributed by atoms with Crippen LogP contribution in [0.25, 0.3) is 16.2 Å². The van der Waals surface area contributed by atoms with Gasteiger partial charge >= 0.3 is 11.9 Å². The van der Waals surface area contributed by atoms with E-state index in [0.29, 0.717) is 5.75 Å². The van der Waals surface area contributed by atoms with Gasteiger partial charge in [0.25, 0.3) is 0 Å². The third kappa shape index (κ3) is 5.73. The van der Waals surface area contributed by atoms with Crippen LogP contribution >= 0.6 is 0 Å². The first kappa shape index (κ1) is 21.4. The Balaban J connectivity index is 0.00000338. The van der Waals surface area contributed by atoms with E-state index in [0.717, 1.165) is 16.3 Å². The molecule has 0 saturated heterocycles. The molecule has 0 bridgehead atoms. The van der Waals surface area contributed by atoms with Gasteiger partial charge in [-0.2, -0.15) is 0 Å². The number of hydrogen-bond acceptors (Lipinski definition) is 7. The molecule has 0 aliphatic heterocycles. The van der Waals surface area contributed by atoms with E-state index in [1.807, 2.05) is 31.2 Å². The first-order valence-electron chi connectivity index (χ1n) is 7.30. The van der Waals surface area contributed by atoms with Crippen molar-refractivity contribution < 1.29 is 43.9 Å². The number of aryl methyl sites for hydroxylation is 1. The summed E-state index contributed by atoms with van der Waals surface area (Å²) in [6.45, 7) is 2.60. The third-order valence-electron chi connectivity index (χ3n) is 3.20. The smallest absolute Gasteiger partial charge is 0.324 e. The van der Waals surface area contributed by atoms with Crippen LogP contribution in [0.1, 0.15) is 12.5 Å². The summed E-state index contributed by atoms with van der Waals surface area (Å²) in [4.78, 5) is 22.5. The zero-order chi connectivity index (χ0) is 18.4. The number of hydrogen-bond donors (Lipinski definition) is 2. The predicted octanol–water partition coefficient (Wildman–Crippen LogP) is 1.96. The standard InChI is InChI=1S/C17H18N3O5.Ir/c1-10-3-4-13-8-14(6-5-12(13)7-10)25-16(18)15(20-19)17(22)24-9-23-11(2)21;/h3-8H,9,19H2,1-2H3,(H2,18,22);/q-1;. The second-order valence-corrected chi connectivity index (χ2v) is 5.14. The Hall–Kier alpha value is -2.61. The van der Waals surface area contributed by atoms with Crippen molar-refractivity contribution in [3.8, 4) is 5.75 Å². The van der Waals surface area contributed by atoms with E-state index < -0.39 is 24.4 Å². The number of benzene rings is 2. The van der Waals surface area contributed by atoms with Crippen molar-refractivity contribution in [1.82, 2.24) is 0 Å². The minimum absolute atomic E-state index is 0. The first-order valence-corrected chi connectivity index (χ1v) is 7.30. The SMILES string of the molecule is CC(=O)OCOC(=O)/C([N-]N)=C(/N)Oc1ccc2cc(C)ccc2c1.[Ir]. The number of ether oxygens (including phenoxy) is 3. The van der Waals surface area contributed by atoms with E-state index >= 15 is 0 Å². The van der Waals surface area contributed by atoms with E-state index in [1.54, 1.807) is 12.1 Å². The summed E-state index contributed by atoms with van der Waals surface area (Å²) in [5.74, 6) is 3.67. The summed E-state index contributed by atoms with van der Waals surface area (Å²) in [5, 5.41) is 1.99. The summed E-state index contributed by atoms with van der Waals surface area (Å²) in [5.41, 5.74) is 9.73. The number of esters is 2. The molecule has 0 aromatic heterocycles. The van der Waals surface area contributed by atoms with Crippen molar-refractivity contribution in [3.63, 3.8) is 0 Å². The molecule has 2 rings (SSSR count). The molecule has 0 amide bonds. The number of fused-ring (bicyclic) bond motifs is 1. The molecule has 2 aromatic carbocycles. The molecule has 0 unspecified atom stereocenters. The van der Waals surface area contributed by atoms with Crippen molar-refractivity contribution in [2.45, 2.75) is 13.8 Å². The number of carbonyl (C=O) groups is 2. The molecule has 9 heteroatoms. The quantitative estimate of drug-likeness (QED) is 0.144. The van der Waals surface area contributed by atoms with Crippen LogP contribution in [0.5, 0.6) is 5.75 Å². The molecule has 0 aliphatic rings.